The molecule has 146 valence electrons. The van der Waals surface area contributed by atoms with Crippen molar-refractivity contribution in [3.8, 4) is 11.5 Å². The van der Waals surface area contributed by atoms with E-state index in [0.717, 1.165) is 6.26 Å². The lowest BCUT2D eigenvalue weighted by atomic mass is 10.3. The number of amides is 1. The second-order valence-electron chi connectivity index (χ2n) is 5.75. The van der Waals surface area contributed by atoms with Crippen molar-refractivity contribution < 1.29 is 27.1 Å². The standard InChI is InChI=1S/C18H21FN2O5S/c1-13(26-17-7-3-14(19)4-8-17)18(22)20-11-12-25-16-9-5-15(6-10-16)21-27(2,23)24/h3-10,13,21H,11-12H2,1-2H3,(H,20,22). The predicted molar refractivity (Wildman–Crippen MR) is 99.9 cm³/mol. The fourth-order valence-corrected chi connectivity index (χ4v) is 2.66. The molecular formula is C18H21FN2O5S. The summed E-state index contributed by atoms with van der Waals surface area (Å²) in [6.45, 7) is 2.08. The van der Waals surface area contributed by atoms with Crippen molar-refractivity contribution >= 4 is 21.6 Å². The third-order valence-electron chi connectivity index (χ3n) is 3.32. The van der Waals surface area contributed by atoms with E-state index in [9.17, 15) is 17.6 Å². The van der Waals surface area contributed by atoms with Gasteiger partial charge >= 0.3 is 0 Å². The number of rotatable bonds is 9. The third-order valence-corrected chi connectivity index (χ3v) is 3.93. The van der Waals surface area contributed by atoms with Gasteiger partial charge in [0.25, 0.3) is 5.91 Å². The molecule has 0 fully saturated rings. The van der Waals surface area contributed by atoms with Gasteiger partial charge in [-0.25, -0.2) is 12.8 Å². The molecule has 0 spiro atoms. The molecule has 1 amide bonds. The Balaban J connectivity index is 1.71. The highest BCUT2D eigenvalue weighted by molar-refractivity contribution is 7.92. The first-order chi connectivity index (χ1) is 12.7. The second-order valence-corrected chi connectivity index (χ2v) is 7.50. The molecule has 0 aliphatic carbocycles. The molecule has 2 N–H and O–H groups in total. The number of hydrogen-bond donors (Lipinski definition) is 2. The Morgan fingerprint density at radius 2 is 1.67 bits per heavy atom. The van der Waals surface area contributed by atoms with Crippen LogP contribution in [-0.2, 0) is 14.8 Å². The van der Waals surface area contributed by atoms with E-state index in [-0.39, 0.29) is 24.9 Å². The van der Waals surface area contributed by atoms with Gasteiger partial charge in [-0.1, -0.05) is 0 Å². The Bertz CT molecular complexity index is 854. The first-order valence-electron chi connectivity index (χ1n) is 8.13. The molecule has 9 heteroatoms. The Hall–Kier alpha value is -2.81. The molecule has 0 radical (unpaired) electrons. The maximum Gasteiger partial charge on any atom is 0.260 e. The van der Waals surface area contributed by atoms with Crippen LogP contribution >= 0.6 is 0 Å². The Morgan fingerprint density at radius 1 is 1.07 bits per heavy atom. The summed E-state index contributed by atoms with van der Waals surface area (Å²) in [5.74, 6) is 0.240. The van der Waals surface area contributed by atoms with Crippen molar-refractivity contribution in [3.63, 3.8) is 0 Å². The fourth-order valence-electron chi connectivity index (χ4n) is 2.09. The van der Waals surface area contributed by atoms with Gasteiger partial charge in [0, 0.05) is 5.69 Å². The highest BCUT2D eigenvalue weighted by atomic mass is 32.2. The maximum absolute atomic E-state index is 12.8. The number of carbonyl (C=O) groups is 1. The third kappa shape index (κ3) is 7.53. The zero-order valence-electron chi connectivity index (χ0n) is 14.9. The molecule has 2 aromatic rings. The molecule has 0 aromatic heterocycles. The van der Waals surface area contributed by atoms with E-state index >= 15 is 0 Å². The van der Waals surface area contributed by atoms with Gasteiger partial charge in [-0.3, -0.25) is 9.52 Å². The Morgan fingerprint density at radius 3 is 2.26 bits per heavy atom. The highest BCUT2D eigenvalue weighted by Crippen LogP contribution is 2.16. The fraction of sp³-hybridized carbons (Fsp3) is 0.278. The van der Waals surface area contributed by atoms with E-state index in [1.54, 1.807) is 31.2 Å². The van der Waals surface area contributed by atoms with Crippen LogP contribution in [0.2, 0.25) is 0 Å². The van der Waals surface area contributed by atoms with Crippen LogP contribution in [0.1, 0.15) is 6.92 Å². The van der Waals surface area contributed by atoms with Gasteiger partial charge in [0.2, 0.25) is 10.0 Å². The van der Waals surface area contributed by atoms with Crippen molar-refractivity contribution in [2.45, 2.75) is 13.0 Å². The van der Waals surface area contributed by atoms with Gasteiger partial charge in [0.1, 0.15) is 23.9 Å². The van der Waals surface area contributed by atoms with Crippen LogP contribution < -0.4 is 19.5 Å². The average molecular weight is 396 g/mol. The number of carbonyl (C=O) groups excluding carboxylic acids is 1. The lowest BCUT2D eigenvalue weighted by Gasteiger charge is -2.15. The van der Waals surface area contributed by atoms with Crippen LogP contribution in [0.25, 0.3) is 0 Å². The molecule has 7 nitrogen and oxygen atoms in total. The molecular weight excluding hydrogens is 375 g/mol. The molecule has 0 bridgehead atoms. The van der Waals surface area contributed by atoms with Crippen LogP contribution in [0.5, 0.6) is 11.5 Å². The first-order valence-corrected chi connectivity index (χ1v) is 10.0. The number of nitrogens with one attached hydrogen (secondary N) is 2. The summed E-state index contributed by atoms with van der Waals surface area (Å²) >= 11 is 0. The van der Waals surface area contributed by atoms with Crippen molar-refractivity contribution in [1.82, 2.24) is 5.32 Å². The van der Waals surface area contributed by atoms with Crippen LogP contribution in [0.15, 0.2) is 48.5 Å². The Kier molecular flexibility index (Phi) is 7.00. The largest absolute Gasteiger partial charge is 0.492 e. The molecule has 0 aliphatic rings. The molecule has 2 aromatic carbocycles. The molecule has 27 heavy (non-hydrogen) atoms. The van der Waals surface area contributed by atoms with Gasteiger partial charge in [0.15, 0.2) is 6.10 Å². The molecule has 0 saturated carbocycles. The summed E-state index contributed by atoms with van der Waals surface area (Å²) in [6, 6.07) is 11.8. The maximum atomic E-state index is 12.8. The van der Waals surface area contributed by atoms with Crippen LogP contribution in [0.4, 0.5) is 10.1 Å². The lowest BCUT2D eigenvalue weighted by Crippen LogP contribution is -2.38. The van der Waals surface area contributed by atoms with Crippen LogP contribution in [-0.4, -0.2) is 39.8 Å². The number of ether oxygens (including phenoxy) is 2. The van der Waals surface area contributed by atoms with Gasteiger partial charge in [0.05, 0.1) is 12.8 Å². The average Bonchev–Trinajstić information content (AvgIpc) is 2.60. The topological polar surface area (TPSA) is 93.7 Å². The molecule has 1 unspecified atom stereocenters. The van der Waals surface area contributed by atoms with Crippen molar-refractivity contribution in [3.05, 3.63) is 54.3 Å². The molecule has 2 rings (SSSR count). The van der Waals surface area contributed by atoms with Crippen molar-refractivity contribution in [2.24, 2.45) is 0 Å². The monoisotopic (exact) mass is 396 g/mol. The second kappa shape index (κ2) is 9.22. The molecule has 0 saturated heterocycles. The number of sulfonamides is 1. The summed E-state index contributed by atoms with van der Waals surface area (Å²) in [5.41, 5.74) is 0.435. The minimum Gasteiger partial charge on any atom is -0.492 e. The van der Waals surface area contributed by atoms with Gasteiger partial charge < -0.3 is 14.8 Å². The zero-order valence-corrected chi connectivity index (χ0v) is 15.8. The molecule has 1 atom stereocenters. The van der Waals surface area contributed by atoms with E-state index in [1.165, 1.54) is 24.3 Å². The highest BCUT2D eigenvalue weighted by Gasteiger charge is 2.14. The molecule has 0 heterocycles. The molecule has 0 aliphatic heterocycles. The van der Waals surface area contributed by atoms with Gasteiger partial charge in [-0.2, -0.15) is 0 Å². The van der Waals surface area contributed by atoms with Crippen molar-refractivity contribution in [1.29, 1.82) is 0 Å². The summed E-state index contributed by atoms with van der Waals surface area (Å²) < 4.78 is 48.4. The van der Waals surface area contributed by atoms with Crippen molar-refractivity contribution in [2.75, 3.05) is 24.1 Å². The first kappa shape index (κ1) is 20.5. The smallest absolute Gasteiger partial charge is 0.260 e. The predicted octanol–water partition coefficient (Wildman–Crippen LogP) is 2.16. The van der Waals surface area contributed by atoms with E-state index in [2.05, 4.69) is 10.0 Å². The van der Waals surface area contributed by atoms with E-state index in [1.807, 2.05) is 0 Å². The van der Waals surface area contributed by atoms with E-state index < -0.39 is 16.1 Å². The zero-order chi connectivity index (χ0) is 19.9. The SMILES string of the molecule is CC(Oc1ccc(F)cc1)C(=O)NCCOc1ccc(NS(C)(=O)=O)cc1. The Labute approximate surface area is 157 Å². The summed E-state index contributed by atoms with van der Waals surface area (Å²) in [6.07, 6.45) is 0.331. The van der Waals surface area contributed by atoms with E-state index in [0.29, 0.717) is 17.2 Å². The number of benzene rings is 2. The van der Waals surface area contributed by atoms with Gasteiger partial charge in [-0.15, -0.1) is 0 Å². The number of halogens is 1. The quantitative estimate of drug-likeness (QED) is 0.634. The lowest BCUT2D eigenvalue weighted by molar-refractivity contribution is -0.127. The summed E-state index contributed by atoms with van der Waals surface area (Å²) in [7, 11) is -3.32. The normalized spacial score (nSPS) is 12.1. The minimum absolute atomic E-state index is 0.230. The van der Waals surface area contributed by atoms with Crippen LogP contribution in [0.3, 0.4) is 0 Å². The van der Waals surface area contributed by atoms with E-state index in [4.69, 9.17) is 9.47 Å². The number of anilines is 1. The summed E-state index contributed by atoms with van der Waals surface area (Å²) in [5, 5.41) is 2.67. The van der Waals surface area contributed by atoms with Crippen LogP contribution in [0, 0.1) is 5.82 Å². The summed E-state index contributed by atoms with van der Waals surface area (Å²) in [4.78, 5) is 12.0. The van der Waals surface area contributed by atoms with Gasteiger partial charge in [-0.05, 0) is 55.5 Å². The minimum atomic E-state index is -3.32. The number of hydrogen-bond acceptors (Lipinski definition) is 5.